The van der Waals surface area contributed by atoms with Crippen LogP contribution in [0.25, 0.3) is 0 Å². The quantitative estimate of drug-likeness (QED) is 0.404. The highest BCUT2D eigenvalue weighted by atomic mass is 35.5. The Labute approximate surface area is 166 Å². The lowest BCUT2D eigenvalue weighted by Gasteiger charge is -2.13. The normalized spacial score (nSPS) is 14.0. The van der Waals surface area contributed by atoms with Crippen molar-refractivity contribution in [1.29, 1.82) is 0 Å². The Balaban J connectivity index is 1.40. The van der Waals surface area contributed by atoms with E-state index >= 15 is 0 Å². The molecule has 1 aliphatic rings. The third-order valence-electron chi connectivity index (χ3n) is 4.82. The van der Waals surface area contributed by atoms with E-state index < -0.39 is 0 Å². The summed E-state index contributed by atoms with van der Waals surface area (Å²) in [5, 5.41) is 3.53. The van der Waals surface area contributed by atoms with Gasteiger partial charge in [-0.25, -0.2) is 0 Å². The molecule has 1 N–H and O–H groups in total. The molecule has 3 amide bonds. The Hall–Kier alpha value is -1.88. The van der Waals surface area contributed by atoms with Gasteiger partial charge in [-0.05, 0) is 37.1 Å². The smallest absolute Gasteiger partial charge is 0.229 e. The SMILES string of the molecule is O=C(CCCCCCCCCCN1C(=O)CCC1=O)Nc1ccc(Cl)cc1. The maximum Gasteiger partial charge on any atom is 0.229 e. The highest BCUT2D eigenvalue weighted by Gasteiger charge is 2.27. The van der Waals surface area contributed by atoms with E-state index in [1.807, 2.05) is 0 Å². The van der Waals surface area contributed by atoms with Crippen LogP contribution in [0, 0.1) is 0 Å². The van der Waals surface area contributed by atoms with Crippen molar-refractivity contribution in [2.75, 3.05) is 11.9 Å². The fourth-order valence-corrected chi connectivity index (χ4v) is 3.37. The number of amides is 3. The number of hydrogen-bond acceptors (Lipinski definition) is 3. The van der Waals surface area contributed by atoms with Gasteiger partial charge < -0.3 is 5.32 Å². The minimum atomic E-state index is -0.0138. The molecular formula is C21H29ClN2O3. The summed E-state index contributed by atoms with van der Waals surface area (Å²) in [5.41, 5.74) is 0.779. The van der Waals surface area contributed by atoms with Gasteiger partial charge in [0.15, 0.2) is 0 Å². The van der Waals surface area contributed by atoms with Crippen molar-refractivity contribution < 1.29 is 14.4 Å². The molecule has 5 nitrogen and oxygen atoms in total. The van der Waals surface area contributed by atoms with Crippen LogP contribution in [-0.4, -0.2) is 29.2 Å². The van der Waals surface area contributed by atoms with E-state index in [9.17, 15) is 14.4 Å². The molecule has 0 radical (unpaired) electrons. The number of halogens is 1. The van der Waals surface area contributed by atoms with Gasteiger partial charge in [0.1, 0.15) is 0 Å². The fourth-order valence-electron chi connectivity index (χ4n) is 3.25. The van der Waals surface area contributed by atoms with Crippen molar-refractivity contribution in [3.63, 3.8) is 0 Å². The van der Waals surface area contributed by atoms with Crippen LogP contribution in [-0.2, 0) is 14.4 Å². The zero-order valence-electron chi connectivity index (χ0n) is 15.8. The molecule has 0 aromatic heterocycles. The molecule has 1 aromatic rings. The first kappa shape index (κ1) is 21.4. The maximum atomic E-state index is 11.9. The van der Waals surface area contributed by atoms with Crippen molar-refractivity contribution >= 4 is 35.0 Å². The maximum absolute atomic E-state index is 11.9. The van der Waals surface area contributed by atoms with Gasteiger partial charge in [0.2, 0.25) is 17.7 Å². The molecule has 0 spiro atoms. The van der Waals surface area contributed by atoms with E-state index in [0.717, 1.165) is 44.2 Å². The summed E-state index contributed by atoms with van der Waals surface area (Å²) in [6.07, 6.45) is 9.84. The molecule has 0 atom stereocenters. The van der Waals surface area contributed by atoms with E-state index in [-0.39, 0.29) is 17.7 Å². The Morgan fingerprint density at radius 3 is 1.96 bits per heavy atom. The van der Waals surface area contributed by atoms with Crippen molar-refractivity contribution in [1.82, 2.24) is 4.90 Å². The fraction of sp³-hybridized carbons (Fsp3) is 0.571. The average Bonchev–Trinajstić information content (AvgIpc) is 2.97. The molecule has 1 aliphatic heterocycles. The second-order valence-corrected chi connectivity index (χ2v) is 7.51. The summed E-state index contributed by atoms with van der Waals surface area (Å²) < 4.78 is 0. The lowest BCUT2D eigenvalue weighted by molar-refractivity contribution is -0.138. The van der Waals surface area contributed by atoms with Crippen LogP contribution in [0.3, 0.4) is 0 Å². The molecule has 2 rings (SSSR count). The summed E-state index contributed by atoms with van der Waals surface area (Å²) in [7, 11) is 0. The van der Waals surface area contributed by atoms with Gasteiger partial charge in [-0.15, -0.1) is 0 Å². The molecule has 27 heavy (non-hydrogen) atoms. The second kappa shape index (κ2) is 11.8. The Morgan fingerprint density at radius 2 is 1.37 bits per heavy atom. The molecule has 0 bridgehead atoms. The van der Waals surface area contributed by atoms with E-state index in [2.05, 4.69) is 5.32 Å². The zero-order valence-corrected chi connectivity index (χ0v) is 16.6. The number of rotatable bonds is 12. The van der Waals surface area contributed by atoms with E-state index in [0.29, 0.717) is 30.8 Å². The average molecular weight is 393 g/mol. The predicted octanol–water partition coefficient (Wildman–Crippen LogP) is 4.94. The summed E-state index contributed by atoms with van der Waals surface area (Å²) in [4.78, 5) is 36.2. The highest BCUT2D eigenvalue weighted by Crippen LogP contribution is 2.16. The van der Waals surface area contributed by atoms with Gasteiger partial charge in [-0.3, -0.25) is 19.3 Å². The van der Waals surface area contributed by atoms with Gasteiger partial charge >= 0.3 is 0 Å². The summed E-state index contributed by atoms with van der Waals surface area (Å²) >= 11 is 5.82. The van der Waals surface area contributed by atoms with Gasteiger partial charge in [-0.2, -0.15) is 0 Å². The Morgan fingerprint density at radius 1 is 0.852 bits per heavy atom. The Bertz CT molecular complexity index is 615. The minimum Gasteiger partial charge on any atom is -0.326 e. The first-order chi connectivity index (χ1) is 13.1. The van der Waals surface area contributed by atoms with Crippen molar-refractivity contribution in [3.05, 3.63) is 29.3 Å². The first-order valence-electron chi connectivity index (χ1n) is 9.95. The Kier molecular flexibility index (Phi) is 9.32. The monoisotopic (exact) mass is 392 g/mol. The number of anilines is 1. The third-order valence-corrected chi connectivity index (χ3v) is 5.07. The lowest BCUT2D eigenvalue weighted by Crippen LogP contribution is -2.29. The number of likely N-dealkylation sites (tertiary alicyclic amines) is 1. The number of hydrogen-bond donors (Lipinski definition) is 1. The van der Waals surface area contributed by atoms with Gasteiger partial charge in [0.05, 0.1) is 0 Å². The summed E-state index contributed by atoms with van der Waals surface area (Å²) in [6.45, 7) is 0.584. The van der Waals surface area contributed by atoms with Crippen molar-refractivity contribution in [2.24, 2.45) is 0 Å². The van der Waals surface area contributed by atoms with E-state index in [1.165, 1.54) is 17.7 Å². The van der Waals surface area contributed by atoms with Crippen LogP contribution in [0.4, 0.5) is 5.69 Å². The molecule has 6 heteroatoms. The van der Waals surface area contributed by atoms with Crippen LogP contribution in [0.1, 0.15) is 70.6 Å². The van der Waals surface area contributed by atoms with Crippen LogP contribution in [0.15, 0.2) is 24.3 Å². The van der Waals surface area contributed by atoms with Crippen molar-refractivity contribution in [3.8, 4) is 0 Å². The van der Waals surface area contributed by atoms with Crippen LogP contribution < -0.4 is 5.32 Å². The first-order valence-corrected chi connectivity index (χ1v) is 10.3. The minimum absolute atomic E-state index is 0.0138. The number of carbonyl (C=O) groups is 3. The number of unbranched alkanes of at least 4 members (excludes halogenated alkanes) is 7. The number of benzene rings is 1. The standard InChI is InChI=1S/C21H29ClN2O3/c22-17-10-12-18(13-11-17)23-19(25)9-7-5-3-1-2-4-6-8-16-24-20(26)14-15-21(24)27/h10-13H,1-9,14-16H2,(H,23,25). The van der Waals surface area contributed by atoms with E-state index in [1.54, 1.807) is 24.3 Å². The largest absolute Gasteiger partial charge is 0.326 e. The number of imide groups is 1. The third kappa shape index (κ3) is 8.12. The molecular weight excluding hydrogens is 364 g/mol. The van der Waals surface area contributed by atoms with Crippen LogP contribution >= 0.6 is 11.6 Å². The number of carbonyl (C=O) groups excluding carboxylic acids is 3. The molecule has 1 heterocycles. The molecule has 0 unspecified atom stereocenters. The molecule has 1 fully saturated rings. The molecule has 0 aliphatic carbocycles. The van der Waals surface area contributed by atoms with Crippen molar-refractivity contribution in [2.45, 2.75) is 70.6 Å². The molecule has 148 valence electrons. The topological polar surface area (TPSA) is 66.5 Å². The zero-order chi connectivity index (χ0) is 19.5. The van der Waals surface area contributed by atoms with Gasteiger partial charge in [0, 0.05) is 36.5 Å². The molecule has 0 saturated carbocycles. The molecule has 1 saturated heterocycles. The lowest BCUT2D eigenvalue weighted by atomic mass is 10.1. The summed E-state index contributed by atoms with van der Waals surface area (Å²) in [6, 6.07) is 7.13. The van der Waals surface area contributed by atoms with Crippen LogP contribution in [0.2, 0.25) is 5.02 Å². The number of nitrogens with one attached hydrogen (secondary N) is 1. The highest BCUT2D eigenvalue weighted by molar-refractivity contribution is 6.30. The van der Waals surface area contributed by atoms with E-state index in [4.69, 9.17) is 11.6 Å². The van der Waals surface area contributed by atoms with Gasteiger partial charge in [0.25, 0.3) is 0 Å². The van der Waals surface area contributed by atoms with Crippen LogP contribution in [0.5, 0.6) is 0 Å². The second-order valence-electron chi connectivity index (χ2n) is 7.07. The van der Waals surface area contributed by atoms with Gasteiger partial charge in [-0.1, -0.05) is 50.1 Å². The predicted molar refractivity (Wildman–Crippen MR) is 108 cm³/mol. The number of nitrogens with zero attached hydrogens (tertiary/aromatic N) is 1. The summed E-state index contributed by atoms with van der Waals surface area (Å²) in [5.74, 6) is 0.0172. The molecule has 1 aromatic carbocycles.